The second kappa shape index (κ2) is 7.95. The summed E-state index contributed by atoms with van der Waals surface area (Å²) in [4.78, 5) is 12.8. The number of anilines is 1. The number of rotatable bonds is 6. The number of carbonyl (C=O) groups excluding carboxylic acids is 1. The summed E-state index contributed by atoms with van der Waals surface area (Å²) in [6.45, 7) is 4.38. The van der Waals surface area contributed by atoms with Crippen molar-refractivity contribution in [1.82, 2.24) is 9.78 Å². The number of nitrogens with zero attached hydrogens (tertiary/aromatic N) is 2. The molecule has 0 aliphatic rings. The van der Waals surface area contributed by atoms with Crippen molar-refractivity contribution in [3.63, 3.8) is 0 Å². The maximum atomic E-state index is 12.8. The van der Waals surface area contributed by atoms with Crippen molar-refractivity contribution in [3.8, 4) is 11.5 Å². The van der Waals surface area contributed by atoms with Crippen molar-refractivity contribution in [2.75, 3.05) is 19.5 Å². The van der Waals surface area contributed by atoms with E-state index >= 15 is 0 Å². The van der Waals surface area contributed by atoms with E-state index in [9.17, 15) is 4.79 Å². The van der Waals surface area contributed by atoms with Gasteiger partial charge in [0.05, 0.1) is 32.0 Å². The van der Waals surface area contributed by atoms with Gasteiger partial charge in [0.15, 0.2) is 11.5 Å². The molecule has 6 nitrogen and oxygen atoms in total. The van der Waals surface area contributed by atoms with Crippen LogP contribution in [0.15, 0.2) is 48.5 Å². The molecule has 140 valence electrons. The van der Waals surface area contributed by atoms with Crippen LogP contribution in [0.1, 0.15) is 27.3 Å². The second-order valence-electron chi connectivity index (χ2n) is 6.21. The number of aromatic nitrogens is 2. The molecule has 1 aromatic heterocycles. The van der Waals surface area contributed by atoms with Crippen molar-refractivity contribution in [2.24, 2.45) is 0 Å². The third kappa shape index (κ3) is 3.95. The van der Waals surface area contributed by atoms with Crippen molar-refractivity contribution < 1.29 is 14.3 Å². The Morgan fingerprint density at radius 3 is 2.41 bits per heavy atom. The number of hydrogen-bond donors (Lipinski definition) is 1. The predicted octanol–water partition coefficient (Wildman–Crippen LogP) is 3.82. The molecule has 3 rings (SSSR count). The first-order valence-corrected chi connectivity index (χ1v) is 8.64. The first-order valence-electron chi connectivity index (χ1n) is 8.64. The Bertz CT molecular complexity index is 949. The van der Waals surface area contributed by atoms with E-state index in [1.807, 2.05) is 48.9 Å². The van der Waals surface area contributed by atoms with Crippen LogP contribution >= 0.6 is 0 Å². The SMILES string of the molecule is COc1ccc(NC(=O)c2c(C)nn(Cc3ccccc3)c2C)cc1OC. The number of amides is 1. The van der Waals surface area contributed by atoms with E-state index in [-0.39, 0.29) is 5.91 Å². The summed E-state index contributed by atoms with van der Waals surface area (Å²) in [7, 11) is 3.13. The Hall–Kier alpha value is -3.28. The Balaban J connectivity index is 1.83. The molecule has 0 saturated carbocycles. The van der Waals surface area contributed by atoms with Crippen molar-refractivity contribution >= 4 is 11.6 Å². The fourth-order valence-corrected chi connectivity index (χ4v) is 3.04. The number of ether oxygens (including phenoxy) is 2. The number of hydrogen-bond acceptors (Lipinski definition) is 4. The minimum absolute atomic E-state index is 0.198. The van der Waals surface area contributed by atoms with Gasteiger partial charge in [0.1, 0.15) is 0 Å². The second-order valence-corrected chi connectivity index (χ2v) is 6.21. The van der Waals surface area contributed by atoms with Crippen molar-refractivity contribution in [2.45, 2.75) is 20.4 Å². The molecule has 0 aliphatic heterocycles. The number of methoxy groups -OCH3 is 2. The molecule has 0 unspecified atom stereocenters. The Morgan fingerprint density at radius 2 is 1.74 bits per heavy atom. The lowest BCUT2D eigenvalue weighted by Gasteiger charge is -2.11. The van der Waals surface area contributed by atoms with Crippen LogP contribution in [0.25, 0.3) is 0 Å². The summed E-state index contributed by atoms with van der Waals surface area (Å²) in [5.74, 6) is 0.971. The van der Waals surface area contributed by atoms with Gasteiger partial charge in [0.2, 0.25) is 0 Å². The van der Waals surface area contributed by atoms with Gasteiger partial charge < -0.3 is 14.8 Å². The van der Waals surface area contributed by atoms with Gasteiger partial charge in [-0.1, -0.05) is 30.3 Å². The van der Waals surface area contributed by atoms with Crippen LogP contribution in [0.5, 0.6) is 11.5 Å². The molecule has 27 heavy (non-hydrogen) atoms. The number of aryl methyl sites for hydroxylation is 1. The summed E-state index contributed by atoms with van der Waals surface area (Å²) in [5.41, 5.74) is 3.87. The summed E-state index contributed by atoms with van der Waals surface area (Å²) in [6, 6.07) is 15.3. The highest BCUT2D eigenvalue weighted by molar-refractivity contribution is 6.06. The topological polar surface area (TPSA) is 65.4 Å². The number of carbonyl (C=O) groups is 1. The highest BCUT2D eigenvalue weighted by Crippen LogP contribution is 2.30. The predicted molar refractivity (Wildman–Crippen MR) is 105 cm³/mol. The zero-order valence-electron chi connectivity index (χ0n) is 15.9. The lowest BCUT2D eigenvalue weighted by atomic mass is 10.1. The molecule has 1 N–H and O–H groups in total. The van der Waals surface area contributed by atoms with Gasteiger partial charge in [-0.25, -0.2) is 0 Å². The van der Waals surface area contributed by atoms with E-state index in [1.54, 1.807) is 32.4 Å². The van der Waals surface area contributed by atoms with Crippen LogP contribution in [-0.2, 0) is 6.54 Å². The van der Waals surface area contributed by atoms with Crippen molar-refractivity contribution in [3.05, 3.63) is 71.0 Å². The quantitative estimate of drug-likeness (QED) is 0.721. The third-order valence-electron chi connectivity index (χ3n) is 4.43. The molecule has 0 fully saturated rings. The van der Waals surface area contributed by atoms with E-state index in [4.69, 9.17) is 9.47 Å². The van der Waals surface area contributed by atoms with Gasteiger partial charge in [0, 0.05) is 17.4 Å². The summed E-state index contributed by atoms with van der Waals surface area (Å²) in [6.07, 6.45) is 0. The Kier molecular flexibility index (Phi) is 5.45. The normalized spacial score (nSPS) is 10.5. The van der Waals surface area contributed by atoms with E-state index in [0.717, 1.165) is 11.3 Å². The molecule has 6 heteroatoms. The maximum absolute atomic E-state index is 12.8. The highest BCUT2D eigenvalue weighted by Gasteiger charge is 2.19. The van der Waals surface area contributed by atoms with Gasteiger partial charge in [-0.3, -0.25) is 9.48 Å². The van der Waals surface area contributed by atoms with Gasteiger partial charge in [-0.05, 0) is 31.5 Å². The zero-order valence-corrected chi connectivity index (χ0v) is 15.9. The molecule has 1 heterocycles. The molecule has 1 amide bonds. The lowest BCUT2D eigenvalue weighted by molar-refractivity contribution is 0.102. The number of nitrogens with one attached hydrogen (secondary N) is 1. The first kappa shape index (κ1) is 18.5. The van der Waals surface area contributed by atoms with Crippen LogP contribution in [0.2, 0.25) is 0 Å². The molecule has 0 spiro atoms. The molecule has 0 aliphatic carbocycles. The van der Waals surface area contributed by atoms with Crippen LogP contribution < -0.4 is 14.8 Å². The average Bonchev–Trinajstić information content (AvgIpc) is 2.95. The summed E-state index contributed by atoms with van der Waals surface area (Å²) >= 11 is 0. The fraction of sp³-hybridized carbons (Fsp3) is 0.238. The molecule has 0 radical (unpaired) electrons. The van der Waals surface area contributed by atoms with Crippen LogP contribution in [0.4, 0.5) is 5.69 Å². The molecule has 0 saturated heterocycles. The molecular weight excluding hydrogens is 342 g/mol. The molecule has 3 aromatic rings. The first-order chi connectivity index (χ1) is 13.0. The Morgan fingerprint density at radius 1 is 1.04 bits per heavy atom. The molecule has 0 atom stereocenters. The monoisotopic (exact) mass is 365 g/mol. The van der Waals surface area contributed by atoms with Gasteiger partial charge >= 0.3 is 0 Å². The molecular formula is C21H23N3O3. The standard InChI is InChI=1S/C21H23N3O3/c1-14-20(15(2)24(23-14)13-16-8-6-5-7-9-16)21(25)22-17-10-11-18(26-3)19(12-17)27-4/h5-12H,13H2,1-4H3,(H,22,25). The average molecular weight is 365 g/mol. The van der Waals surface area contributed by atoms with E-state index in [2.05, 4.69) is 10.4 Å². The van der Waals surface area contributed by atoms with Gasteiger partial charge in [0.25, 0.3) is 5.91 Å². The lowest BCUT2D eigenvalue weighted by Crippen LogP contribution is -2.14. The number of benzene rings is 2. The van der Waals surface area contributed by atoms with Gasteiger partial charge in [-0.15, -0.1) is 0 Å². The molecule has 0 bridgehead atoms. The van der Waals surface area contributed by atoms with Crippen LogP contribution in [0.3, 0.4) is 0 Å². The minimum Gasteiger partial charge on any atom is -0.493 e. The minimum atomic E-state index is -0.198. The van der Waals surface area contributed by atoms with Crippen LogP contribution in [-0.4, -0.2) is 29.9 Å². The van der Waals surface area contributed by atoms with E-state index in [1.165, 1.54) is 0 Å². The van der Waals surface area contributed by atoms with Crippen LogP contribution in [0, 0.1) is 13.8 Å². The summed E-state index contributed by atoms with van der Waals surface area (Å²) < 4.78 is 12.4. The zero-order chi connectivity index (χ0) is 19.4. The largest absolute Gasteiger partial charge is 0.493 e. The fourth-order valence-electron chi connectivity index (χ4n) is 3.04. The van der Waals surface area contributed by atoms with E-state index in [0.29, 0.717) is 35.0 Å². The highest BCUT2D eigenvalue weighted by atomic mass is 16.5. The smallest absolute Gasteiger partial charge is 0.259 e. The van der Waals surface area contributed by atoms with Gasteiger partial charge in [-0.2, -0.15) is 5.10 Å². The summed E-state index contributed by atoms with van der Waals surface area (Å²) in [5, 5.41) is 7.46. The maximum Gasteiger partial charge on any atom is 0.259 e. The Labute approximate surface area is 158 Å². The van der Waals surface area contributed by atoms with Crippen molar-refractivity contribution in [1.29, 1.82) is 0 Å². The molecule has 2 aromatic carbocycles. The van der Waals surface area contributed by atoms with E-state index < -0.39 is 0 Å². The third-order valence-corrected chi connectivity index (χ3v) is 4.43.